The normalized spacial score (nSPS) is 11.5. The molecular weight excluding hydrogens is 458 g/mol. The third-order valence-electron chi connectivity index (χ3n) is 6.06. The number of benzene rings is 3. The molecule has 0 saturated carbocycles. The molecule has 2 heterocycles. The average Bonchev–Trinajstić information content (AvgIpc) is 3.15. The molecule has 5 aromatic rings. The number of aromatic nitrogens is 2. The number of anilines is 1. The smallest absolute Gasteiger partial charge is 0.263 e. The highest BCUT2D eigenvalue weighted by atomic mass is 32.2. The number of aldehydes is 1. The van der Waals surface area contributed by atoms with Crippen LogP contribution in [0.1, 0.15) is 15.9 Å². The number of nitrogens with one attached hydrogen (secondary N) is 1. The Morgan fingerprint density at radius 3 is 2.34 bits per heavy atom. The Bertz CT molecular complexity index is 1660. The maximum absolute atomic E-state index is 13.4. The highest BCUT2D eigenvalue weighted by molar-refractivity contribution is 7.92. The van der Waals surface area contributed by atoms with E-state index in [-0.39, 0.29) is 4.90 Å². The maximum atomic E-state index is 13.4. The third kappa shape index (κ3) is 4.11. The first-order valence-corrected chi connectivity index (χ1v) is 12.6. The van der Waals surface area contributed by atoms with Crippen molar-refractivity contribution in [3.63, 3.8) is 0 Å². The summed E-state index contributed by atoms with van der Waals surface area (Å²) < 4.78 is 31.5. The van der Waals surface area contributed by atoms with Crippen LogP contribution in [0.25, 0.3) is 33.3 Å². The Labute approximate surface area is 203 Å². The van der Waals surface area contributed by atoms with Gasteiger partial charge in [0, 0.05) is 35.3 Å². The van der Waals surface area contributed by atoms with Crippen molar-refractivity contribution in [2.24, 2.45) is 7.05 Å². The number of nitrogens with zero attached hydrogens (tertiary/aromatic N) is 2. The molecule has 0 radical (unpaired) electrons. The van der Waals surface area contributed by atoms with Gasteiger partial charge in [0.1, 0.15) is 12.1 Å². The Balaban J connectivity index is 1.78. The zero-order valence-corrected chi connectivity index (χ0v) is 20.1. The lowest BCUT2D eigenvalue weighted by Crippen LogP contribution is -2.15. The molecule has 0 aliphatic rings. The third-order valence-corrected chi connectivity index (χ3v) is 7.41. The lowest BCUT2D eigenvalue weighted by atomic mass is 9.94. The van der Waals surface area contributed by atoms with E-state index in [1.54, 1.807) is 42.6 Å². The number of fused-ring (bicyclic) bond motifs is 1. The molecule has 5 rings (SSSR count). The van der Waals surface area contributed by atoms with Crippen LogP contribution < -0.4 is 4.72 Å². The summed E-state index contributed by atoms with van der Waals surface area (Å²) >= 11 is 0. The summed E-state index contributed by atoms with van der Waals surface area (Å²) in [4.78, 5) is 16.3. The highest BCUT2D eigenvalue weighted by Crippen LogP contribution is 2.43. The SMILES string of the molecule is Cc1ccc(S(=O)(=O)Nc2c(-c3ccc(C=O)cc3-c3ccccn3)c3ccccc3n2C)cc1. The van der Waals surface area contributed by atoms with Gasteiger partial charge in [-0.3, -0.25) is 14.5 Å². The molecule has 0 atom stereocenters. The van der Waals surface area contributed by atoms with Crippen molar-refractivity contribution in [2.45, 2.75) is 11.8 Å². The van der Waals surface area contributed by atoms with Crippen LogP contribution in [0, 0.1) is 6.92 Å². The van der Waals surface area contributed by atoms with E-state index in [2.05, 4.69) is 9.71 Å². The van der Waals surface area contributed by atoms with E-state index in [0.29, 0.717) is 17.1 Å². The maximum Gasteiger partial charge on any atom is 0.263 e. The molecule has 174 valence electrons. The summed E-state index contributed by atoms with van der Waals surface area (Å²) in [6, 6.07) is 25.4. The van der Waals surface area contributed by atoms with E-state index >= 15 is 0 Å². The van der Waals surface area contributed by atoms with Gasteiger partial charge in [0.25, 0.3) is 10.0 Å². The molecule has 2 aromatic heterocycles. The fourth-order valence-corrected chi connectivity index (χ4v) is 5.38. The first kappa shape index (κ1) is 22.6. The first-order chi connectivity index (χ1) is 16.9. The Hall–Kier alpha value is -4.23. The molecule has 7 heteroatoms. The molecule has 6 nitrogen and oxygen atoms in total. The number of aryl methyl sites for hydroxylation is 2. The molecule has 0 amide bonds. The van der Waals surface area contributed by atoms with Crippen LogP contribution in [0.5, 0.6) is 0 Å². The van der Waals surface area contributed by atoms with Gasteiger partial charge in [0.05, 0.1) is 16.1 Å². The number of pyridine rings is 1. The number of sulfonamides is 1. The second-order valence-electron chi connectivity index (χ2n) is 8.36. The summed E-state index contributed by atoms with van der Waals surface area (Å²) in [6.07, 6.45) is 2.48. The van der Waals surface area contributed by atoms with Gasteiger partial charge < -0.3 is 4.57 Å². The predicted octanol–water partition coefficient (Wildman–Crippen LogP) is 5.83. The Morgan fingerprint density at radius 1 is 0.886 bits per heavy atom. The van der Waals surface area contributed by atoms with Gasteiger partial charge in [0.2, 0.25) is 0 Å². The summed E-state index contributed by atoms with van der Waals surface area (Å²) in [6.45, 7) is 1.91. The molecule has 0 fully saturated rings. The van der Waals surface area contributed by atoms with Gasteiger partial charge in [0.15, 0.2) is 0 Å². The minimum atomic E-state index is -3.86. The highest BCUT2D eigenvalue weighted by Gasteiger charge is 2.24. The van der Waals surface area contributed by atoms with Crippen LogP contribution >= 0.6 is 0 Å². The molecule has 35 heavy (non-hydrogen) atoms. The summed E-state index contributed by atoms with van der Waals surface area (Å²) in [5.41, 5.74) is 5.27. The minimum absolute atomic E-state index is 0.181. The topological polar surface area (TPSA) is 81.1 Å². The average molecular weight is 482 g/mol. The van der Waals surface area contributed by atoms with E-state index in [9.17, 15) is 13.2 Å². The van der Waals surface area contributed by atoms with Gasteiger partial charge in [-0.15, -0.1) is 0 Å². The molecule has 0 bridgehead atoms. The summed E-state index contributed by atoms with van der Waals surface area (Å²) in [5.74, 6) is 0.433. The number of rotatable bonds is 6. The zero-order chi connectivity index (χ0) is 24.6. The van der Waals surface area contributed by atoms with Gasteiger partial charge in [-0.05, 0) is 48.9 Å². The van der Waals surface area contributed by atoms with Crippen molar-refractivity contribution in [1.82, 2.24) is 9.55 Å². The van der Waals surface area contributed by atoms with Crippen LogP contribution in [-0.4, -0.2) is 24.3 Å². The molecular formula is C28H23N3O3S. The van der Waals surface area contributed by atoms with E-state index in [4.69, 9.17) is 0 Å². The van der Waals surface area contributed by atoms with Crippen molar-refractivity contribution < 1.29 is 13.2 Å². The van der Waals surface area contributed by atoms with E-state index in [0.717, 1.165) is 39.4 Å². The minimum Gasteiger partial charge on any atom is -0.329 e. The number of carbonyl (C=O) groups is 1. The van der Waals surface area contributed by atoms with Crippen molar-refractivity contribution >= 4 is 33.0 Å². The first-order valence-electron chi connectivity index (χ1n) is 11.1. The molecule has 0 aliphatic carbocycles. The van der Waals surface area contributed by atoms with Crippen LogP contribution in [0.2, 0.25) is 0 Å². The second kappa shape index (κ2) is 8.85. The molecule has 0 saturated heterocycles. The van der Waals surface area contributed by atoms with Gasteiger partial charge in [-0.1, -0.05) is 54.1 Å². The fourth-order valence-electron chi connectivity index (χ4n) is 4.28. The van der Waals surface area contributed by atoms with Crippen molar-refractivity contribution in [2.75, 3.05) is 4.72 Å². The van der Waals surface area contributed by atoms with Crippen molar-refractivity contribution in [1.29, 1.82) is 0 Å². The molecule has 0 aliphatic heterocycles. The van der Waals surface area contributed by atoms with Crippen LogP contribution in [0.4, 0.5) is 5.82 Å². The molecule has 1 N–H and O–H groups in total. The predicted molar refractivity (Wildman–Crippen MR) is 139 cm³/mol. The largest absolute Gasteiger partial charge is 0.329 e. The van der Waals surface area contributed by atoms with Gasteiger partial charge in [-0.2, -0.15) is 0 Å². The molecule has 0 spiro atoms. The Morgan fingerprint density at radius 2 is 1.63 bits per heavy atom. The summed E-state index contributed by atoms with van der Waals surface area (Å²) in [7, 11) is -2.03. The number of para-hydroxylation sites is 1. The Kier molecular flexibility index (Phi) is 5.70. The van der Waals surface area contributed by atoms with E-state index in [1.165, 1.54) is 0 Å². The van der Waals surface area contributed by atoms with Crippen molar-refractivity contribution in [3.8, 4) is 22.4 Å². The molecule has 0 unspecified atom stereocenters. The van der Waals surface area contributed by atoms with Gasteiger partial charge in [-0.25, -0.2) is 8.42 Å². The fraction of sp³-hybridized carbons (Fsp3) is 0.0714. The monoisotopic (exact) mass is 481 g/mol. The summed E-state index contributed by atoms with van der Waals surface area (Å²) in [5, 5.41) is 0.882. The number of carbonyl (C=O) groups excluding carboxylic acids is 1. The lowest BCUT2D eigenvalue weighted by molar-refractivity contribution is 0.112. The van der Waals surface area contributed by atoms with Crippen molar-refractivity contribution in [3.05, 3.63) is 102 Å². The zero-order valence-electron chi connectivity index (χ0n) is 19.3. The van der Waals surface area contributed by atoms with Gasteiger partial charge >= 0.3 is 0 Å². The van der Waals surface area contributed by atoms with E-state index < -0.39 is 10.0 Å². The molecule has 3 aromatic carbocycles. The van der Waals surface area contributed by atoms with Crippen LogP contribution in [0.3, 0.4) is 0 Å². The number of hydrogen-bond donors (Lipinski definition) is 1. The number of hydrogen-bond acceptors (Lipinski definition) is 4. The van der Waals surface area contributed by atoms with Crippen LogP contribution in [0.15, 0.2) is 96.0 Å². The van der Waals surface area contributed by atoms with E-state index in [1.807, 2.05) is 67.1 Å². The van der Waals surface area contributed by atoms with Crippen LogP contribution in [-0.2, 0) is 17.1 Å². The second-order valence-corrected chi connectivity index (χ2v) is 10.0. The lowest BCUT2D eigenvalue weighted by Gasteiger charge is -2.15. The standard InChI is InChI=1S/C28H23N3O3S/c1-19-10-13-21(14-11-19)35(33,34)30-28-27(23-7-3-4-9-26(23)31(28)2)22-15-12-20(18-32)17-24(22)25-8-5-6-16-29-25/h3-18,30H,1-2H3. The quantitative estimate of drug-likeness (QED) is 0.310.